The third kappa shape index (κ3) is 2.99. The normalized spacial score (nSPS) is 11.4. The summed E-state index contributed by atoms with van der Waals surface area (Å²) in [5, 5.41) is 12.0. The highest BCUT2D eigenvalue weighted by atomic mass is 79.9. The van der Waals surface area contributed by atoms with Gasteiger partial charge in [-0.25, -0.2) is 13.6 Å². The van der Waals surface area contributed by atoms with Gasteiger partial charge in [0.05, 0.1) is 5.69 Å². The highest BCUT2D eigenvalue weighted by molar-refractivity contribution is 9.10. The molecule has 0 saturated heterocycles. The lowest BCUT2D eigenvalue weighted by Crippen LogP contribution is -2.10. The Balaban J connectivity index is 2.94. The van der Waals surface area contributed by atoms with Gasteiger partial charge in [-0.05, 0) is 28.9 Å². The number of hydrogen-bond acceptors (Lipinski definition) is 3. The van der Waals surface area contributed by atoms with Crippen molar-refractivity contribution in [3.8, 4) is 0 Å². The first-order valence-electron chi connectivity index (χ1n) is 4.10. The van der Waals surface area contributed by atoms with Gasteiger partial charge in [0, 0.05) is 10.5 Å². The minimum Gasteiger partial charge on any atom is -0.477 e. The lowest BCUT2D eigenvalue weighted by molar-refractivity contribution is -0.129. The van der Waals surface area contributed by atoms with Crippen molar-refractivity contribution in [3.63, 3.8) is 0 Å². The van der Waals surface area contributed by atoms with Gasteiger partial charge in [0.2, 0.25) is 0 Å². The van der Waals surface area contributed by atoms with Crippen LogP contribution in [0.25, 0.3) is 0 Å². The van der Waals surface area contributed by atoms with Crippen LogP contribution in [-0.4, -0.2) is 16.8 Å². The molecule has 86 valence electrons. The monoisotopic (exact) mass is 292 g/mol. The molecule has 0 saturated carbocycles. The van der Waals surface area contributed by atoms with Crippen LogP contribution < -0.4 is 5.43 Å². The van der Waals surface area contributed by atoms with Crippen LogP contribution in [0, 0.1) is 11.6 Å². The summed E-state index contributed by atoms with van der Waals surface area (Å²) >= 11 is 2.98. The molecule has 0 spiro atoms. The third-order valence-corrected chi connectivity index (χ3v) is 2.32. The predicted molar refractivity (Wildman–Crippen MR) is 58.4 cm³/mol. The van der Waals surface area contributed by atoms with Crippen molar-refractivity contribution in [2.45, 2.75) is 6.92 Å². The SMILES string of the molecule is C/C(=N/Nc1cc(F)c(F)cc1Br)C(=O)O. The topological polar surface area (TPSA) is 61.7 Å². The van der Waals surface area contributed by atoms with Crippen molar-refractivity contribution in [1.82, 2.24) is 0 Å². The molecular formula is C9H7BrF2N2O2. The van der Waals surface area contributed by atoms with Gasteiger partial charge < -0.3 is 5.11 Å². The number of anilines is 1. The highest BCUT2D eigenvalue weighted by Crippen LogP contribution is 2.25. The average Bonchev–Trinajstić information content (AvgIpc) is 2.20. The lowest BCUT2D eigenvalue weighted by atomic mass is 10.3. The second-order valence-corrected chi connectivity index (χ2v) is 3.71. The van der Waals surface area contributed by atoms with E-state index in [4.69, 9.17) is 5.11 Å². The second kappa shape index (κ2) is 5.02. The van der Waals surface area contributed by atoms with Crippen LogP contribution in [0.5, 0.6) is 0 Å². The number of carboxylic acid groups (broad SMARTS) is 1. The van der Waals surface area contributed by atoms with Crippen LogP contribution in [0.4, 0.5) is 14.5 Å². The van der Waals surface area contributed by atoms with E-state index in [1.54, 1.807) is 0 Å². The van der Waals surface area contributed by atoms with Gasteiger partial charge in [-0.15, -0.1) is 0 Å². The van der Waals surface area contributed by atoms with Crippen LogP contribution in [0.1, 0.15) is 6.92 Å². The van der Waals surface area contributed by atoms with E-state index in [-0.39, 0.29) is 15.9 Å². The number of carboxylic acids is 1. The van der Waals surface area contributed by atoms with Gasteiger partial charge in [-0.1, -0.05) is 0 Å². The summed E-state index contributed by atoms with van der Waals surface area (Å²) in [6.07, 6.45) is 0. The average molecular weight is 293 g/mol. The van der Waals surface area contributed by atoms with Crippen LogP contribution in [0.3, 0.4) is 0 Å². The van der Waals surface area contributed by atoms with Crippen molar-refractivity contribution < 1.29 is 18.7 Å². The van der Waals surface area contributed by atoms with Crippen molar-refractivity contribution >= 4 is 33.3 Å². The van der Waals surface area contributed by atoms with E-state index in [0.29, 0.717) is 0 Å². The maximum atomic E-state index is 12.8. The fourth-order valence-corrected chi connectivity index (χ4v) is 1.20. The molecule has 1 aromatic carbocycles. The third-order valence-electron chi connectivity index (χ3n) is 1.66. The van der Waals surface area contributed by atoms with E-state index in [1.807, 2.05) is 0 Å². The zero-order chi connectivity index (χ0) is 12.3. The summed E-state index contributed by atoms with van der Waals surface area (Å²) in [6.45, 7) is 1.27. The fraction of sp³-hybridized carbons (Fsp3) is 0.111. The van der Waals surface area contributed by atoms with Crippen LogP contribution >= 0.6 is 15.9 Å². The standard InChI is InChI=1S/C9H7BrF2N2O2/c1-4(9(15)16)13-14-8-3-7(12)6(11)2-5(8)10/h2-3,14H,1H3,(H,15,16)/b13-4-. The van der Waals surface area contributed by atoms with Gasteiger partial charge in [0.1, 0.15) is 5.71 Å². The van der Waals surface area contributed by atoms with Crippen LogP contribution in [-0.2, 0) is 4.79 Å². The van der Waals surface area contributed by atoms with E-state index in [0.717, 1.165) is 12.1 Å². The first-order valence-corrected chi connectivity index (χ1v) is 4.89. The number of nitrogens with zero attached hydrogens (tertiary/aromatic N) is 1. The van der Waals surface area contributed by atoms with Gasteiger partial charge in [0.15, 0.2) is 11.6 Å². The molecule has 7 heteroatoms. The molecule has 0 radical (unpaired) electrons. The number of benzene rings is 1. The molecular weight excluding hydrogens is 286 g/mol. The molecule has 0 aromatic heterocycles. The van der Waals surface area contributed by atoms with Crippen molar-refractivity contribution in [3.05, 3.63) is 28.2 Å². The Morgan fingerprint density at radius 1 is 1.44 bits per heavy atom. The van der Waals surface area contributed by atoms with Gasteiger partial charge in [-0.3, -0.25) is 5.43 Å². The largest absolute Gasteiger partial charge is 0.477 e. The smallest absolute Gasteiger partial charge is 0.351 e. The second-order valence-electron chi connectivity index (χ2n) is 2.86. The minimum absolute atomic E-state index is 0.138. The Labute approximate surface area is 98.1 Å². The van der Waals surface area contributed by atoms with E-state index in [9.17, 15) is 13.6 Å². The van der Waals surface area contributed by atoms with Crippen molar-refractivity contribution in [2.75, 3.05) is 5.43 Å². The molecule has 4 nitrogen and oxygen atoms in total. The summed E-state index contributed by atoms with van der Waals surface area (Å²) in [4.78, 5) is 10.4. The molecule has 0 heterocycles. The minimum atomic E-state index is -1.20. The predicted octanol–water partition coefficient (Wildman–Crippen LogP) is 2.60. The molecule has 0 amide bonds. The summed E-state index contributed by atoms with van der Waals surface area (Å²) in [7, 11) is 0. The number of rotatable bonds is 3. The number of halogens is 3. The van der Waals surface area contributed by atoms with Crippen LogP contribution in [0.2, 0.25) is 0 Å². The molecule has 2 N–H and O–H groups in total. The first-order chi connectivity index (χ1) is 7.41. The maximum Gasteiger partial charge on any atom is 0.351 e. The number of hydrazone groups is 1. The Hall–Kier alpha value is -1.50. The first kappa shape index (κ1) is 12.6. The van der Waals surface area contributed by atoms with Crippen molar-refractivity contribution in [1.29, 1.82) is 0 Å². The van der Waals surface area contributed by atoms with Gasteiger partial charge >= 0.3 is 5.97 Å². The number of hydrogen-bond donors (Lipinski definition) is 2. The van der Waals surface area contributed by atoms with E-state index < -0.39 is 17.6 Å². The summed E-state index contributed by atoms with van der Waals surface area (Å²) < 4.78 is 25.8. The Bertz CT molecular complexity index is 463. The maximum absolute atomic E-state index is 12.8. The quantitative estimate of drug-likeness (QED) is 0.511. The molecule has 16 heavy (non-hydrogen) atoms. The summed E-state index contributed by atoms with van der Waals surface area (Å²) in [5.41, 5.74) is 2.26. The van der Waals surface area contributed by atoms with E-state index in [1.165, 1.54) is 6.92 Å². The molecule has 0 unspecified atom stereocenters. The number of aliphatic carboxylic acids is 1. The number of nitrogens with one attached hydrogen (secondary N) is 1. The number of carbonyl (C=O) groups is 1. The molecule has 0 atom stereocenters. The Morgan fingerprint density at radius 3 is 2.56 bits per heavy atom. The zero-order valence-corrected chi connectivity index (χ0v) is 9.68. The molecule has 0 fully saturated rings. The van der Waals surface area contributed by atoms with Gasteiger partial charge in [0.25, 0.3) is 0 Å². The Morgan fingerprint density at radius 2 is 2.00 bits per heavy atom. The fourth-order valence-electron chi connectivity index (χ4n) is 0.800. The Kier molecular flexibility index (Phi) is 3.94. The molecule has 0 aliphatic carbocycles. The van der Waals surface area contributed by atoms with E-state index in [2.05, 4.69) is 26.5 Å². The zero-order valence-electron chi connectivity index (χ0n) is 8.09. The van der Waals surface area contributed by atoms with Crippen LogP contribution in [0.15, 0.2) is 21.7 Å². The van der Waals surface area contributed by atoms with Crippen molar-refractivity contribution in [2.24, 2.45) is 5.10 Å². The lowest BCUT2D eigenvalue weighted by Gasteiger charge is -2.04. The summed E-state index contributed by atoms with van der Waals surface area (Å²) in [5.74, 6) is -3.25. The molecule has 1 rings (SSSR count). The molecule has 1 aromatic rings. The molecule has 0 aliphatic rings. The van der Waals surface area contributed by atoms with Gasteiger partial charge in [-0.2, -0.15) is 5.10 Å². The van der Waals surface area contributed by atoms with E-state index >= 15 is 0 Å². The molecule has 0 bridgehead atoms. The molecule has 0 aliphatic heterocycles. The summed E-state index contributed by atoms with van der Waals surface area (Å²) in [6, 6.07) is 1.79. The highest BCUT2D eigenvalue weighted by Gasteiger charge is 2.08.